The standard InChI is InChI=1S/C25H25N3O2/c1-30-22-14-12-20(13-15-22)24(18-26-25(29)21-10-6-3-7-11-21)28-17-16-23(27-28)19-8-4-2-5-9-19/h2-15,24H,16-18H2,1H3,(H,26,29)/t24-/m0/s1. The molecule has 1 N–H and O–H groups in total. The van der Waals surface area contributed by atoms with Crippen LogP contribution in [0, 0.1) is 0 Å². The van der Waals surface area contributed by atoms with Gasteiger partial charge in [-0.1, -0.05) is 60.7 Å². The first-order valence-electron chi connectivity index (χ1n) is 10.1. The molecule has 0 radical (unpaired) electrons. The van der Waals surface area contributed by atoms with Gasteiger partial charge in [0.2, 0.25) is 0 Å². The molecule has 0 saturated carbocycles. The Morgan fingerprint density at radius 2 is 1.67 bits per heavy atom. The minimum absolute atomic E-state index is 0.0650. The van der Waals surface area contributed by atoms with Crippen LogP contribution in [-0.2, 0) is 0 Å². The first kappa shape index (κ1) is 19.7. The van der Waals surface area contributed by atoms with Crippen molar-refractivity contribution in [1.82, 2.24) is 10.3 Å². The van der Waals surface area contributed by atoms with Crippen molar-refractivity contribution in [2.24, 2.45) is 5.10 Å². The number of ether oxygens (including phenoxy) is 1. The van der Waals surface area contributed by atoms with Crippen LogP contribution in [0.15, 0.2) is 90.0 Å². The highest BCUT2D eigenvalue weighted by atomic mass is 16.5. The van der Waals surface area contributed by atoms with Gasteiger partial charge in [0, 0.05) is 25.1 Å². The summed E-state index contributed by atoms with van der Waals surface area (Å²) in [5.74, 6) is 0.723. The number of benzene rings is 3. The summed E-state index contributed by atoms with van der Waals surface area (Å²) in [6.45, 7) is 1.27. The molecule has 5 nitrogen and oxygen atoms in total. The molecule has 4 rings (SSSR count). The van der Waals surface area contributed by atoms with E-state index in [0.29, 0.717) is 12.1 Å². The van der Waals surface area contributed by atoms with Crippen LogP contribution in [0.25, 0.3) is 0 Å². The number of carbonyl (C=O) groups is 1. The van der Waals surface area contributed by atoms with E-state index in [0.717, 1.165) is 35.6 Å². The van der Waals surface area contributed by atoms with Gasteiger partial charge in [0.05, 0.1) is 18.9 Å². The number of methoxy groups -OCH3 is 1. The zero-order chi connectivity index (χ0) is 20.8. The maximum absolute atomic E-state index is 12.6. The highest BCUT2D eigenvalue weighted by molar-refractivity contribution is 6.01. The van der Waals surface area contributed by atoms with Gasteiger partial charge in [0.15, 0.2) is 0 Å². The van der Waals surface area contributed by atoms with E-state index in [2.05, 4.69) is 22.5 Å². The van der Waals surface area contributed by atoms with E-state index in [9.17, 15) is 4.79 Å². The molecule has 1 heterocycles. The number of nitrogens with one attached hydrogen (secondary N) is 1. The second kappa shape index (κ2) is 9.27. The first-order chi connectivity index (χ1) is 14.7. The molecule has 1 amide bonds. The predicted octanol–water partition coefficient (Wildman–Crippen LogP) is 4.28. The number of carbonyl (C=O) groups excluding carboxylic acids is 1. The van der Waals surface area contributed by atoms with Crippen LogP contribution in [0.1, 0.15) is 33.9 Å². The van der Waals surface area contributed by atoms with Gasteiger partial charge in [-0.15, -0.1) is 0 Å². The SMILES string of the molecule is COc1ccc([C@H](CNC(=O)c2ccccc2)N2CCC(c3ccccc3)=N2)cc1. The summed E-state index contributed by atoms with van der Waals surface area (Å²) in [5.41, 5.74) is 3.95. The van der Waals surface area contributed by atoms with E-state index in [4.69, 9.17) is 9.84 Å². The van der Waals surface area contributed by atoms with Crippen molar-refractivity contribution in [3.05, 3.63) is 102 Å². The van der Waals surface area contributed by atoms with Gasteiger partial charge >= 0.3 is 0 Å². The third kappa shape index (κ3) is 4.51. The molecule has 3 aromatic carbocycles. The fraction of sp³-hybridized carbons (Fsp3) is 0.200. The average molecular weight is 399 g/mol. The molecule has 0 saturated heterocycles. The second-order valence-corrected chi connectivity index (χ2v) is 7.19. The van der Waals surface area contributed by atoms with Gasteiger partial charge in [0.1, 0.15) is 5.75 Å². The molecule has 0 aliphatic carbocycles. The number of rotatable bonds is 7. The van der Waals surface area contributed by atoms with Crippen molar-refractivity contribution in [3.63, 3.8) is 0 Å². The highest BCUT2D eigenvalue weighted by Gasteiger charge is 2.25. The second-order valence-electron chi connectivity index (χ2n) is 7.19. The largest absolute Gasteiger partial charge is 0.497 e. The molecule has 1 aliphatic heterocycles. The van der Waals surface area contributed by atoms with Crippen molar-refractivity contribution < 1.29 is 9.53 Å². The summed E-state index contributed by atoms with van der Waals surface area (Å²) in [5, 5.41) is 10.1. The fourth-order valence-electron chi connectivity index (χ4n) is 3.64. The third-order valence-electron chi connectivity index (χ3n) is 5.29. The molecule has 0 spiro atoms. The van der Waals surface area contributed by atoms with Crippen LogP contribution in [-0.4, -0.2) is 36.8 Å². The summed E-state index contributed by atoms with van der Waals surface area (Å²) < 4.78 is 5.29. The molecule has 152 valence electrons. The Balaban J connectivity index is 1.56. The van der Waals surface area contributed by atoms with Crippen molar-refractivity contribution in [3.8, 4) is 5.75 Å². The summed E-state index contributed by atoms with van der Waals surface area (Å²) in [6, 6.07) is 27.4. The quantitative estimate of drug-likeness (QED) is 0.645. The molecule has 1 aliphatic rings. The Kier molecular flexibility index (Phi) is 6.09. The Labute approximate surface area is 177 Å². The lowest BCUT2D eigenvalue weighted by atomic mass is 10.1. The highest BCUT2D eigenvalue weighted by Crippen LogP contribution is 2.27. The average Bonchev–Trinajstić information content (AvgIpc) is 3.30. The normalized spacial score (nSPS) is 14.2. The molecule has 3 aromatic rings. The first-order valence-corrected chi connectivity index (χ1v) is 10.1. The van der Waals surface area contributed by atoms with Crippen molar-refractivity contribution in [2.45, 2.75) is 12.5 Å². The zero-order valence-corrected chi connectivity index (χ0v) is 17.0. The number of hydrogen-bond acceptors (Lipinski definition) is 4. The van der Waals surface area contributed by atoms with Gasteiger partial charge < -0.3 is 10.1 Å². The van der Waals surface area contributed by atoms with Gasteiger partial charge in [-0.2, -0.15) is 5.10 Å². The summed E-state index contributed by atoms with van der Waals surface area (Å²) in [7, 11) is 1.66. The van der Waals surface area contributed by atoms with Crippen LogP contribution < -0.4 is 10.1 Å². The molecule has 0 fully saturated rings. The summed E-state index contributed by atoms with van der Waals surface area (Å²) in [4.78, 5) is 12.6. The minimum Gasteiger partial charge on any atom is -0.497 e. The molecular formula is C25H25N3O2. The molecule has 0 unspecified atom stereocenters. The summed E-state index contributed by atoms with van der Waals surface area (Å²) >= 11 is 0. The lowest BCUT2D eigenvalue weighted by Gasteiger charge is -2.27. The maximum Gasteiger partial charge on any atom is 0.251 e. The number of hydrazone groups is 1. The van der Waals surface area contributed by atoms with E-state index in [1.165, 1.54) is 0 Å². The van der Waals surface area contributed by atoms with Crippen LogP contribution in [0.3, 0.4) is 0 Å². The summed E-state index contributed by atoms with van der Waals surface area (Å²) in [6.07, 6.45) is 0.878. The van der Waals surface area contributed by atoms with Crippen LogP contribution in [0.5, 0.6) is 5.75 Å². The van der Waals surface area contributed by atoms with Crippen molar-refractivity contribution in [1.29, 1.82) is 0 Å². The topological polar surface area (TPSA) is 53.9 Å². The molecular weight excluding hydrogens is 374 g/mol. The lowest BCUT2D eigenvalue weighted by molar-refractivity contribution is 0.0936. The Morgan fingerprint density at radius 3 is 2.33 bits per heavy atom. The molecule has 0 aromatic heterocycles. The Morgan fingerprint density at radius 1 is 1.00 bits per heavy atom. The van der Waals surface area contributed by atoms with E-state index < -0.39 is 0 Å². The maximum atomic E-state index is 12.6. The Hall–Kier alpha value is -3.60. The molecule has 1 atom stereocenters. The number of nitrogens with zero attached hydrogens (tertiary/aromatic N) is 2. The van der Waals surface area contributed by atoms with Crippen molar-refractivity contribution in [2.75, 3.05) is 20.2 Å². The fourth-order valence-corrected chi connectivity index (χ4v) is 3.64. The number of amides is 1. The molecule has 0 bridgehead atoms. The van der Waals surface area contributed by atoms with Gasteiger partial charge in [-0.3, -0.25) is 9.80 Å². The molecule has 30 heavy (non-hydrogen) atoms. The van der Waals surface area contributed by atoms with E-state index in [1.807, 2.05) is 72.8 Å². The van der Waals surface area contributed by atoms with Crippen molar-refractivity contribution >= 4 is 11.6 Å². The van der Waals surface area contributed by atoms with E-state index in [1.54, 1.807) is 7.11 Å². The van der Waals surface area contributed by atoms with Crippen LogP contribution in [0.2, 0.25) is 0 Å². The van der Waals surface area contributed by atoms with Gasteiger partial charge in [-0.25, -0.2) is 0 Å². The van der Waals surface area contributed by atoms with Crippen LogP contribution >= 0.6 is 0 Å². The lowest BCUT2D eigenvalue weighted by Crippen LogP contribution is -2.35. The predicted molar refractivity (Wildman–Crippen MR) is 119 cm³/mol. The number of hydrogen-bond donors (Lipinski definition) is 1. The third-order valence-corrected chi connectivity index (χ3v) is 5.29. The van der Waals surface area contributed by atoms with Gasteiger partial charge in [0.25, 0.3) is 5.91 Å². The minimum atomic E-state index is -0.0828. The zero-order valence-electron chi connectivity index (χ0n) is 17.0. The van der Waals surface area contributed by atoms with Crippen LogP contribution in [0.4, 0.5) is 0 Å². The smallest absolute Gasteiger partial charge is 0.251 e. The van der Waals surface area contributed by atoms with E-state index in [-0.39, 0.29) is 11.9 Å². The monoisotopic (exact) mass is 399 g/mol. The van der Waals surface area contributed by atoms with E-state index >= 15 is 0 Å². The Bertz CT molecular complexity index is 1000. The van der Waals surface area contributed by atoms with Gasteiger partial charge in [-0.05, 0) is 35.4 Å². The molecule has 5 heteroatoms.